The Bertz CT molecular complexity index is 593. The number of fused-ring (bicyclic) bond motifs is 1. The molecule has 2 aliphatic rings. The van der Waals surface area contributed by atoms with E-state index in [1.165, 1.54) is 11.1 Å². The molecule has 0 bridgehead atoms. The number of phenols is 1. The van der Waals surface area contributed by atoms with E-state index >= 15 is 0 Å². The van der Waals surface area contributed by atoms with Crippen molar-refractivity contribution in [3.05, 3.63) is 47.1 Å². The molecule has 1 atom stereocenters. The van der Waals surface area contributed by atoms with Crippen molar-refractivity contribution >= 4 is 11.4 Å². The predicted molar refractivity (Wildman–Crippen MR) is 75.9 cm³/mol. The van der Waals surface area contributed by atoms with Gasteiger partial charge in [0.05, 0.1) is 0 Å². The molecule has 2 heteroatoms. The van der Waals surface area contributed by atoms with Crippen LogP contribution in [0.1, 0.15) is 36.8 Å². The number of hydrogen-bond acceptors (Lipinski definition) is 2. The number of allylic oxidation sites excluding steroid dienone is 4. The lowest BCUT2D eigenvalue weighted by molar-refractivity contribution is -0.117. The molecule has 98 valence electrons. The van der Waals surface area contributed by atoms with Crippen LogP contribution < -0.4 is 0 Å². The van der Waals surface area contributed by atoms with Crippen LogP contribution in [0.15, 0.2) is 35.9 Å². The molecular formula is C17H18O2. The molecule has 19 heavy (non-hydrogen) atoms. The van der Waals surface area contributed by atoms with Crippen molar-refractivity contribution in [2.45, 2.75) is 32.6 Å². The number of rotatable bonds is 1. The van der Waals surface area contributed by atoms with Gasteiger partial charge >= 0.3 is 0 Å². The number of ketones is 1. The van der Waals surface area contributed by atoms with Gasteiger partial charge in [-0.2, -0.15) is 0 Å². The van der Waals surface area contributed by atoms with Gasteiger partial charge in [-0.3, -0.25) is 4.79 Å². The second-order valence-electron chi connectivity index (χ2n) is 5.53. The maximum atomic E-state index is 11.9. The molecule has 1 fully saturated rings. The number of carbonyl (C=O) groups is 1. The molecular weight excluding hydrogens is 236 g/mol. The normalized spacial score (nSPS) is 22.6. The molecule has 0 spiro atoms. The molecule has 1 aromatic rings. The zero-order valence-electron chi connectivity index (χ0n) is 11.1. The van der Waals surface area contributed by atoms with Crippen molar-refractivity contribution in [1.82, 2.24) is 0 Å². The predicted octanol–water partition coefficient (Wildman–Crippen LogP) is 3.78. The molecule has 3 rings (SSSR count). The standard InChI is InChI=1S/C17H18O2/c1-11-9-14(18)6-8-15(11)13-5-7-16-12(10-13)3-2-4-17(16)19/h5-9,12,18H,2-4,10H2,1H3. The number of aromatic hydroxyl groups is 1. The Labute approximate surface area is 113 Å². The number of hydrogen-bond donors (Lipinski definition) is 1. The third kappa shape index (κ3) is 2.23. The van der Waals surface area contributed by atoms with Gasteiger partial charge in [0.1, 0.15) is 5.75 Å². The van der Waals surface area contributed by atoms with E-state index in [-0.39, 0.29) is 0 Å². The Morgan fingerprint density at radius 2 is 2.11 bits per heavy atom. The molecule has 1 N–H and O–H groups in total. The van der Waals surface area contributed by atoms with Crippen LogP contribution in [0.4, 0.5) is 0 Å². The van der Waals surface area contributed by atoms with Gasteiger partial charge in [-0.1, -0.05) is 18.2 Å². The van der Waals surface area contributed by atoms with Gasteiger partial charge < -0.3 is 5.11 Å². The van der Waals surface area contributed by atoms with E-state index in [4.69, 9.17) is 0 Å². The number of aryl methyl sites for hydroxylation is 1. The Morgan fingerprint density at radius 1 is 1.26 bits per heavy atom. The van der Waals surface area contributed by atoms with E-state index in [2.05, 4.69) is 6.08 Å². The first kappa shape index (κ1) is 12.2. The average molecular weight is 254 g/mol. The Kier molecular flexibility index (Phi) is 3.02. The first-order valence-corrected chi connectivity index (χ1v) is 6.89. The molecule has 0 amide bonds. The highest BCUT2D eigenvalue weighted by Crippen LogP contribution is 2.39. The number of benzene rings is 1. The molecule has 2 aliphatic carbocycles. The summed E-state index contributed by atoms with van der Waals surface area (Å²) in [5, 5.41) is 9.48. The first-order valence-electron chi connectivity index (χ1n) is 6.89. The summed E-state index contributed by atoms with van der Waals surface area (Å²) in [7, 11) is 0. The lowest BCUT2D eigenvalue weighted by Crippen LogP contribution is -2.21. The van der Waals surface area contributed by atoms with Crippen molar-refractivity contribution in [3.63, 3.8) is 0 Å². The van der Waals surface area contributed by atoms with Crippen LogP contribution in [0.2, 0.25) is 0 Å². The topological polar surface area (TPSA) is 37.3 Å². The van der Waals surface area contributed by atoms with Gasteiger partial charge in [0, 0.05) is 6.42 Å². The summed E-state index contributed by atoms with van der Waals surface area (Å²) in [4.78, 5) is 11.9. The lowest BCUT2D eigenvalue weighted by atomic mass is 9.75. The van der Waals surface area contributed by atoms with Gasteiger partial charge in [0.25, 0.3) is 0 Å². The summed E-state index contributed by atoms with van der Waals surface area (Å²) in [6.45, 7) is 2.02. The highest BCUT2D eigenvalue weighted by Gasteiger charge is 2.28. The quantitative estimate of drug-likeness (QED) is 0.828. The molecule has 0 radical (unpaired) electrons. The molecule has 0 aliphatic heterocycles. The van der Waals surface area contributed by atoms with Crippen LogP contribution >= 0.6 is 0 Å². The third-order valence-electron chi connectivity index (χ3n) is 4.20. The van der Waals surface area contributed by atoms with Crippen molar-refractivity contribution in [2.24, 2.45) is 5.92 Å². The minimum Gasteiger partial charge on any atom is -0.508 e. The van der Waals surface area contributed by atoms with Gasteiger partial charge in [0.15, 0.2) is 5.78 Å². The lowest BCUT2D eigenvalue weighted by Gasteiger charge is -2.28. The van der Waals surface area contributed by atoms with Crippen molar-refractivity contribution in [3.8, 4) is 5.75 Å². The molecule has 0 heterocycles. The monoisotopic (exact) mass is 254 g/mol. The maximum Gasteiger partial charge on any atom is 0.159 e. The summed E-state index contributed by atoms with van der Waals surface area (Å²) in [5.41, 5.74) is 4.57. The molecule has 1 saturated carbocycles. The highest BCUT2D eigenvalue weighted by molar-refractivity contribution is 5.98. The smallest absolute Gasteiger partial charge is 0.159 e. The second kappa shape index (κ2) is 4.69. The van der Waals surface area contributed by atoms with Gasteiger partial charge in [-0.25, -0.2) is 0 Å². The molecule has 0 saturated heterocycles. The summed E-state index contributed by atoms with van der Waals surface area (Å²) in [6, 6.07) is 5.50. The molecule has 1 unspecified atom stereocenters. The van der Waals surface area contributed by atoms with E-state index in [0.29, 0.717) is 23.9 Å². The summed E-state index contributed by atoms with van der Waals surface area (Å²) in [6.07, 6.45) is 7.88. The van der Waals surface area contributed by atoms with Crippen LogP contribution in [0.25, 0.3) is 5.57 Å². The Balaban J connectivity index is 1.96. The number of phenolic OH excluding ortho intramolecular Hbond substituents is 1. The molecule has 0 aromatic heterocycles. The van der Waals surface area contributed by atoms with Crippen molar-refractivity contribution in [2.75, 3.05) is 0 Å². The minimum absolute atomic E-state index is 0.307. The molecule has 1 aromatic carbocycles. The Hall–Kier alpha value is -1.83. The van der Waals surface area contributed by atoms with E-state index in [9.17, 15) is 9.90 Å². The maximum absolute atomic E-state index is 11.9. The number of Topliss-reactive ketones (excluding diaryl/α,β-unsaturated/α-hetero) is 1. The summed E-state index contributed by atoms with van der Waals surface area (Å²) < 4.78 is 0. The SMILES string of the molecule is Cc1cc(O)ccc1C1=CC=C2C(=O)CCCC2C1. The van der Waals surface area contributed by atoms with Gasteiger partial charge in [0.2, 0.25) is 0 Å². The van der Waals surface area contributed by atoms with E-state index in [1.54, 1.807) is 12.1 Å². The van der Waals surface area contributed by atoms with E-state index < -0.39 is 0 Å². The zero-order valence-corrected chi connectivity index (χ0v) is 11.1. The highest BCUT2D eigenvalue weighted by atomic mass is 16.3. The fourth-order valence-electron chi connectivity index (χ4n) is 3.21. The van der Waals surface area contributed by atoms with Gasteiger partial charge in [-0.05, 0) is 66.5 Å². The van der Waals surface area contributed by atoms with Gasteiger partial charge in [-0.15, -0.1) is 0 Å². The van der Waals surface area contributed by atoms with Crippen LogP contribution in [0.3, 0.4) is 0 Å². The molecule has 2 nitrogen and oxygen atoms in total. The van der Waals surface area contributed by atoms with Crippen LogP contribution in [-0.2, 0) is 4.79 Å². The zero-order chi connectivity index (χ0) is 13.4. The largest absolute Gasteiger partial charge is 0.508 e. The van der Waals surface area contributed by atoms with Crippen LogP contribution in [-0.4, -0.2) is 10.9 Å². The van der Waals surface area contributed by atoms with E-state index in [0.717, 1.165) is 30.4 Å². The van der Waals surface area contributed by atoms with Crippen LogP contribution in [0.5, 0.6) is 5.75 Å². The van der Waals surface area contributed by atoms with Crippen molar-refractivity contribution < 1.29 is 9.90 Å². The first-order chi connectivity index (χ1) is 9.15. The fourth-order valence-corrected chi connectivity index (χ4v) is 3.21. The summed E-state index contributed by atoms with van der Waals surface area (Å²) >= 11 is 0. The fraction of sp³-hybridized carbons (Fsp3) is 0.353. The minimum atomic E-state index is 0.307. The average Bonchev–Trinajstić information content (AvgIpc) is 2.38. The van der Waals surface area contributed by atoms with E-state index in [1.807, 2.05) is 19.1 Å². The second-order valence-corrected chi connectivity index (χ2v) is 5.53. The third-order valence-corrected chi connectivity index (χ3v) is 4.20. The van der Waals surface area contributed by atoms with Crippen molar-refractivity contribution in [1.29, 1.82) is 0 Å². The summed E-state index contributed by atoms with van der Waals surface area (Å²) in [5.74, 6) is 1.03. The Morgan fingerprint density at radius 3 is 2.89 bits per heavy atom. The van der Waals surface area contributed by atoms with Crippen LogP contribution in [0, 0.1) is 12.8 Å². The number of carbonyl (C=O) groups excluding carboxylic acids is 1.